The van der Waals surface area contributed by atoms with Gasteiger partial charge in [0.1, 0.15) is 0 Å². The maximum atomic E-state index is 9.61. The van der Waals surface area contributed by atoms with Gasteiger partial charge >= 0.3 is 0 Å². The second-order valence-corrected chi connectivity index (χ2v) is 5.57. The second kappa shape index (κ2) is 6.44. The summed E-state index contributed by atoms with van der Waals surface area (Å²) in [5.41, 5.74) is 0.489. The zero-order valence-electron chi connectivity index (χ0n) is 10.6. The molecule has 0 bridgehead atoms. The van der Waals surface area contributed by atoms with Crippen LogP contribution in [0.4, 0.5) is 0 Å². The summed E-state index contributed by atoms with van der Waals surface area (Å²) in [6, 6.07) is 0. The third-order valence-corrected chi connectivity index (χ3v) is 3.33. The molecule has 0 fully saturated rings. The Labute approximate surface area is 89.9 Å². The first-order chi connectivity index (χ1) is 6.39. The Morgan fingerprint density at radius 2 is 1.71 bits per heavy atom. The molecule has 0 spiro atoms. The highest BCUT2D eigenvalue weighted by Gasteiger charge is 2.15. The molecule has 0 aliphatic rings. The van der Waals surface area contributed by atoms with Crippen LogP contribution >= 0.6 is 0 Å². The third-order valence-electron chi connectivity index (χ3n) is 3.33. The van der Waals surface area contributed by atoms with E-state index in [-0.39, 0.29) is 6.10 Å². The number of unbranched alkanes of at least 4 members (excludes halogenated alkanes) is 1. The zero-order chi connectivity index (χ0) is 11.2. The predicted molar refractivity (Wildman–Crippen MR) is 63.4 cm³/mol. The Hall–Kier alpha value is -0.0400. The van der Waals surface area contributed by atoms with Crippen LogP contribution < -0.4 is 0 Å². The molecule has 0 saturated carbocycles. The summed E-state index contributed by atoms with van der Waals surface area (Å²) in [4.78, 5) is 0. The molecule has 1 unspecified atom stereocenters. The Morgan fingerprint density at radius 3 is 2.14 bits per heavy atom. The van der Waals surface area contributed by atoms with Crippen molar-refractivity contribution in [3.8, 4) is 0 Å². The quantitative estimate of drug-likeness (QED) is 0.616. The zero-order valence-corrected chi connectivity index (χ0v) is 10.6. The van der Waals surface area contributed by atoms with Crippen LogP contribution in [-0.4, -0.2) is 11.2 Å². The minimum absolute atomic E-state index is 0.0975. The van der Waals surface area contributed by atoms with Crippen LogP contribution in [0.1, 0.15) is 66.7 Å². The van der Waals surface area contributed by atoms with Gasteiger partial charge in [-0.3, -0.25) is 0 Å². The number of aliphatic hydroxyl groups is 1. The molecule has 0 aromatic carbocycles. The van der Waals surface area contributed by atoms with Gasteiger partial charge < -0.3 is 5.11 Å². The third kappa shape index (κ3) is 6.42. The summed E-state index contributed by atoms with van der Waals surface area (Å²) in [6.07, 6.45) is 5.83. The topological polar surface area (TPSA) is 20.2 Å². The number of aliphatic hydroxyl groups excluding tert-OH is 1. The first-order valence-electron chi connectivity index (χ1n) is 6.07. The Balaban J connectivity index is 3.47. The Bertz CT molecular complexity index is 138. The normalized spacial score (nSPS) is 14.8. The molecule has 0 rings (SSSR count). The van der Waals surface area contributed by atoms with Crippen LogP contribution in [-0.2, 0) is 0 Å². The van der Waals surface area contributed by atoms with Gasteiger partial charge in [-0.2, -0.15) is 0 Å². The fourth-order valence-electron chi connectivity index (χ4n) is 1.47. The number of hydrogen-bond acceptors (Lipinski definition) is 1. The number of rotatable bonds is 7. The van der Waals surface area contributed by atoms with E-state index in [0.717, 1.165) is 6.42 Å². The monoisotopic (exact) mass is 200 g/mol. The van der Waals surface area contributed by atoms with E-state index in [0.29, 0.717) is 11.3 Å². The van der Waals surface area contributed by atoms with Gasteiger partial charge in [-0.25, -0.2) is 0 Å². The molecule has 0 aromatic heterocycles. The van der Waals surface area contributed by atoms with Crippen LogP contribution in [0.15, 0.2) is 0 Å². The van der Waals surface area contributed by atoms with Crippen LogP contribution in [0, 0.1) is 11.3 Å². The van der Waals surface area contributed by atoms with Crippen molar-refractivity contribution in [3.63, 3.8) is 0 Å². The maximum Gasteiger partial charge on any atom is 0.0563 e. The van der Waals surface area contributed by atoms with E-state index in [9.17, 15) is 5.11 Å². The fourth-order valence-corrected chi connectivity index (χ4v) is 1.47. The maximum absolute atomic E-state index is 9.61. The van der Waals surface area contributed by atoms with E-state index < -0.39 is 0 Å². The molecule has 0 heterocycles. The SMILES string of the molecule is CCC(C)(C)CCCCC(O)C(C)C. The molecule has 0 radical (unpaired) electrons. The van der Waals surface area contributed by atoms with Crippen molar-refractivity contribution < 1.29 is 5.11 Å². The average Bonchev–Trinajstić information content (AvgIpc) is 2.12. The molecule has 0 aliphatic carbocycles. The van der Waals surface area contributed by atoms with E-state index in [2.05, 4.69) is 34.6 Å². The lowest BCUT2D eigenvalue weighted by molar-refractivity contribution is 0.111. The van der Waals surface area contributed by atoms with Crippen molar-refractivity contribution in [1.82, 2.24) is 0 Å². The summed E-state index contributed by atoms with van der Waals surface area (Å²) in [5, 5.41) is 9.61. The molecule has 0 amide bonds. The van der Waals surface area contributed by atoms with Crippen molar-refractivity contribution in [2.45, 2.75) is 72.8 Å². The van der Waals surface area contributed by atoms with Gasteiger partial charge in [0.25, 0.3) is 0 Å². The fraction of sp³-hybridized carbons (Fsp3) is 1.00. The smallest absolute Gasteiger partial charge is 0.0563 e. The standard InChI is InChI=1S/C13H28O/c1-6-13(4,5)10-8-7-9-12(14)11(2)3/h11-12,14H,6-10H2,1-5H3. The minimum atomic E-state index is -0.0975. The van der Waals surface area contributed by atoms with Gasteiger partial charge in [-0.05, 0) is 24.2 Å². The average molecular weight is 200 g/mol. The molecule has 1 heteroatoms. The van der Waals surface area contributed by atoms with E-state index in [1.165, 1.54) is 25.7 Å². The highest BCUT2D eigenvalue weighted by molar-refractivity contribution is 4.67. The summed E-state index contributed by atoms with van der Waals surface area (Å²) in [7, 11) is 0. The molecular weight excluding hydrogens is 172 g/mol. The van der Waals surface area contributed by atoms with Crippen LogP contribution in [0.2, 0.25) is 0 Å². The van der Waals surface area contributed by atoms with Gasteiger partial charge in [0, 0.05) is 0 Å². The molecule has 1 nitrogen and oxygen atoms in total. The molecular formula is C13H28O. The van der Waals surface area contributed by atoms with Gasteiger partial charge in [-0.15, -0.1) is 0 Å². The van der Waals surface area contributed by atoms with E-state index in [1.54, 1.807) is 0 Å². The largest absolute Gasteiger partial charge is 0.393 e. The van der Waals surface area contributed by atoms with Crippen molar-refractivity contribution in [2.75, 3.05) is 0 Å². The summed E-state index contributed by atoms with van der Waals surface area (Å²) >= 11 is 0. The van der Waals surface area contributed by atoms with Crippen molar-refractivity contribution in [2.24, 2.45) is 11.3 Å². The summed E-state index contributed by atoms with van der Waals surface area (Å²) in [6.45, 7) is 11.1. The second-order valence-electron chi connectivity index (χ2n) is 5.57. The Morgan fingerprint density at radius 1 is 1.14 bits per heavy atom. The van der Waals surface area contributed by atoms with Gasteiger partial charge in [0.2, 0.25) is 0 Å². The minimum Gasteiger partial charge on any atom is -0.393 e. The summed E-state index contributed by atoms with van der Waals surface area (Å²) in [5.74, 6) is 0.411. The van der Waals surface area contributed by atoms with Crippen LogP contribution in [0.3, 0.4) is 0 Å². The van der Waals surface area contributed by atoms with E-state index >= 15 is 0 Å². The summed E-state index contributed by atoms with van der Waals surface area (Å²) < 4.78 is 0. The Kier molecular flexibility index (Phi) is 6.43. The molecule has 1 N–H and O–H groups in total. The van der Waals surface area contributed by atoms with Crippen LogP contribution in [0.5, 0.6) is 0 Å². The molecule has 0 aliphatic heterocycles. The molecule has 0 saturated heterocycles. The highest BCUT2D eigenvalue weighted by Crippen LogP contribution is 2.27. The van der Waals surface area contributed by atoms with Crippen LogP contribution in [0.25, 0.3) is 0 Å². The van der Waals surface area contributed by atoms with E-state index in [4.69, 9.17) is 0 Å². The number of hydrogen-bond donors (Lipinski definition) is 1. The first-order valence-corrected chi connectivity index (χ1v) is 6.07. The lowest BCUT2D eigenvalue weighted by atomic mass is 9.84. The molecule has 14 heavy (non-hydrogen) atoms. The van der Waals surface area contributed by atoms with Crippen molar-refractivity contribution >= 4 is 0 Å². The first kappa shape index (κ1) is 14.0. The lowest BCUT2D eigenvalue weighted by Gasteiger charge is -2.22. The van der Waals surface area contributed by atoms with Gasteiger partial charge in [0.05, 0.1) is 6.10 Å². The van der Waals surface area contributed by atoms with Gasteiger partial charge in [-0.1, -0.05) is 53.9 Å². The lowest BCUT2D eigenvalue weighted by Crippen LogP contribution is -2.15. The molecule has 1 atom stereocenters. The predicted octanol–water partition coefficient (Wildman–Crippen LogP) is 4.00. The van der Waals surface area contributed by atoms with Crippen molar-refractivity contribution in [1.29, 1.82) is 0 Å². The molecule has 0 aromatic rings. The van der Waals surface area contributed by atoms with E-state index in [1.807, 2.05) is 0 Å². The highest BCUT2D eigenvalue weighted by atomic mass is 16.3. The van der Waals surface area contributed by atoms with Gasteiger partial charge in [0.15, 0.2) is 0 Å². The van der Waals surface area contributed by atoms with Crippen molar-refractivity contribution in [3.05, 3.63) is 0 Å². The molecule has 86 valence electrons.